The van der Waals surface area contributed by atoms with Gasteiger partial charge >= 0.3 is 0 Å². The van der Waals surface area contributed by atoms with Crippen molar-refractivity contribution in [3.63, 3.8) is 0 Å². The number of rotatable bonds is 6. The molecule has 1 unspecified atom stereocenters. The van der Waals surface area contributed by atoms with E-state index in [4.69, 9.17) is 0 Å². The molecule has 1 N–H and O–H groups in total. The van der Waals surface area contributed by atoms with Crippen LogP contribution in [0.15, 0.2) is 24.3 Å². The molecule has 0 radical (unpaired) electrons. The van der Waals surface area contributed by atoms with Crippen LogP contribution in [0.1, 0.15) is 62.1 Å². The fraction of sp³-hybridized carbons (Fsp3) is 0.667. The Bertz CT molecular complexity index is 617. The molecule has 1 aromatic rings. The van der Waals surface area contributed by atoms with Gasteiger partial charge in [0.15, 0.2) is 0 Å². The molecule has 2 aliphatic rings. The molecule has 1 atom stereocenters. The van der Waals surface area contributed by atoms with Crippen LogP contribution in [0.2, 0.25) is 0 Å². The minimum absolute atomic E-state index is 0.0911. The van der Waals surface area contributed by atoms with Crippen LogP contribution < -0.4 is 4.72 Å². The highest BCUT2D eigenvalue weighted by Gasteiger charge is 2.37. The van der Waals surface area contributed by atoms with Crippen LogP contribution in [-0.4, -0.2) is 25.8 Å². The number of nitrogens with zero attached hydrogens (tertiary/aromatic N) is 1. The second kappa shape index (κ2) is 6.91. The summed E-state index contributed by atoms with van der Waals surface area (Å²) < 4.78 is 30.2. The highest BCUT2D eigenvalue weighted by atomic mass is 32.2. The Balaban J connectivity index is 1.74. The first-order valence-electron chi connectivity index (χ1n) is 8.79. The lowest BCUT2D eigenvalue weighted by Crippen LogP contribution is -2.46. The first kappa shape index (κ1) is 16.9. The third-order valence-electron chi connectivity index (χ3n) is 5.27. The van der Waals surface area contributed by atoms with Crippen LogP contribution in [-0.2, 0) is 10.2 Å². The summed E-state index contributed by atoms with van der Waals surface area (Å²) in [6.07, 6.45) is 7.67. The number of nitrogens with one attached hydrogen (secondary N) is 1. The first-order valence-corrected chi connectivity index (χ1v) is 10.2. The highest BCUT2D eigenvalue weighted by Crippen LogP contribution is 2.41. The minimum Gasteiger partial charge on any atom is -0.195 e. The quantitative estimate of drug-likeness (QED) is 0.864. The van der Waals surface area contributed by atoms with E-state index in [1.807, 2.05) is 0 Å². The average Bonchev–Trinajstić information content (AvgIpc) is 3.38. The highest BCUT2D eigenvalue weighted by molar-refractivity contribution is 7.87. The van der Waals surface area contributed by atoms with E-state index in [2.05, 4.69) is 35.9 Å². The minimum atomic E-state index is -3.44. The molecule has 0 bridgehead atoms. The van der Waals surface area contributed by atoms with Crippen LogP contribution in [0.25, 0.3) is 0 Å². The molecule has 4 nitrogen and oxygen atoms in total. The molecule has 23 heavy (non-hydrogen) atoms. The van der Waals surface area contributed by atoms with Crippen LogP contribution in [0.3, 0.4) is 0 Å². The lowest BCUT2D eigenvalue weighted by atomic mass is 9.96. The third-order valence-corrected chi connectivity index (χ3v) is 6.88. The van der Waals surface area contributed by atoms with Gasteiger partial charge in [-0.25, -0.2) is 0 Å². The molecule has 0 aromatic heterocycles. The van der Waals surface area contributed by atoms with Crippen LogP contribution in [0, 0.1) is 12.8 Å². The molecule has 0 heterocycles. The van der Waals surface area contributed by atoms with E-state index in [0.29, 0.717) is 5.92 Å². The Labute approximate surface area is 140 Å². The zero-order valence-electron chi connectivity index (χ0n) is 14.2. The van der Waals surface area contributed by atoms with Gasteiger partial charge in [-0.3, -0.25) is 0 Å². The van der Waals surface area contributed by atoms with Gasteiger partial charge in [0.05, 0.1) is 6.04 Å². The van der Waals surface area contributed by atoms with E-state index in [9.17, 15) is 8.42 Å². The fourth-order valence-corrected chi connectivity index (χ4v) is 4.94. The number of aryl methyl sites for hydroxylation is 1. The van der Waals surface area contributed by atoms with E-state index < -0.39 is 10.2 Å². The molecule has 2 aliphatic carbocycles. The zero-order valence-corrected chi connectivity index (χ0v) is 15.0. The lowest BCUT2D eigenvalue weighted by Gasteiger charge is -2.32. The topological polar surface area (TPSA) is 49.4 Å². The zero-order chi connectivity index (χ0) is 16.4. The van der Waals surface area contributed by atoms with Crippen molar-refractivity contribution in [1.82, 2.24) is 9.03 Å². The van der Waals surface area contributed by atoms with E-state index in [1.54, 1.807) is 11.4 Å². The molecular formula is C18H28N2O2S. The molecule has 0 spiro atoms. The van der Waals surface area contributed by atoms with Crippen molar-refractivity contribution in [2.75, 3.05) is 7.05 Å². The predicted octanol–water partition coefficient (Wildman–Crippen LogP) is 3.55. The lowest BCUT2D eigenvalue weighted by molar-refractivity contribution is 0.280. The van der Waals surface area contributed by atoms with Gasteiger partial charge < -0.3 is 0 Å². The molecule has 128 valence electrons. The molecule has 1 aromatic carbocycles. The standard InChI is InChI=1S/C18H28N2O2S/c1-14-8-10-15(11-9-14)18(16-12-13-16)19-23(21,22)20(2)17-6-4-3-5-7-17/h8-11,16-19H,3-7,12-13H2,1-2H3. The van der Waals surface area contributed by atoms with Gasteiger partial charge in [-0.2, -0.15) is 17.4 Å². The normalized spacial score (nSPS) is 21.5. The SMILES string of the molecule is Cc1ccc(C(NS(=O)(=O)N(C)C2CCCCC2)C2CC2)cc1. The van der Waals surface area contributed by atoms with Gasteiger partial charge in [-0.05, 0) is 44.1 Å². The van der Waals surface area contributed by atoms with Crippen molar-refractivity contribution in [2.45, 2.75) is 64.0 Å². The third kappa shape index (κ3) is 4.14. The summed E-state index contributed by atoms with van der Waals surface area (Å²) in [5.41, 5.74) is 2.28. The van der Waals surface area contributed by atoms with E-state index in [1.165, 1.54) is 12.0 Å². The number of hydrogen-bond acceptors (Lipinski definition) is 2. The van der Waals surface area contributed by atoms with Gasteiger partial charge in [0.2, 0.25) is 0 Å². The summed E-state index contributed by atoms with van der Waals surface area (Å²) in [5.74, 6) is 0.437. The van der Waals surface area contributed by atoms with E-state index in [0.717, 1.165) is 44.1 Å². The van der Waals surface area contributed by atoms with Gasteiger partial charge in [-0.15, -0.1) is 0 Å². The van der Waals surface area contributed by atoms with Crippen molar-refractivity contribution >= 4 is 10.2 Å². The molecule has 3 rings (SSSR count). The number of benzene rings is 1. The summed E-state index contributed by atoms with van der Waals surface area (Å²) in [5, 5.41) is 0. The van der Waals surface area contributed by atoms with Crippen molar-refractivity contribution < 1.29 is 8.42 Å². The molecule has 0 aliphatic heterocycles. The predicted molar refractivity (Wildman–Crippen MR) is 93.3 cm³/mol. The van der Waals surface area contributed by atoms with Crippen molar-refractivity contribution in [1.29, 1.82) is 0 Å². The molecular weight excluding hydrogens is 308 g/mol. The van der Waals surface area contributed by atoms with Gasteiger partial charge in [-0.1, -0.05) is 49.1 Å². The second-order valence-electron chi connectivity index (χ2n) is 7.16. The Kier molecular flexibility index (Phi) is 5.09. The summed E-state index contributed by atoms with van der Waals surface area (Å²) >= 11 is 0. The summed E-state index contributed by atoms with van der Waals surface area (Å²) in [4.78, 5) is 0. The fourth-order valence-electron chi connectivity index (χ4n) is 3.52. The Hall–Kier alpha value is -0.910. The van der Waals surface area contributed by atoms with E-state index >= 15 is 0 Å². The maximum absolute atomic E-state index is 12.8. The van der Waals surface area contributed by atoms with Crippen LogP contribution in [0.4, 0.5) is 0 Å². The Morgan fingerprint density at radius 2 is 1.65 bits per heavy atom. The number of hydrogen-bond donors (Lipinski definition) is 1. The first-order chi connectivity index (χ1) is 11.0. The van der Waals surface area contributed by atoms with Crippen molar-refractivity contribution in [2.24, 2.45) is 5.92 Å². The van der Waals surface area contributed by atoms with E-state index in [-0.39, 0.29) is 12.1 Å². The van der Waals surface area contributed by atoms with Crippen LogP contribution in [0.5, 0.6) is 0 Å². The second-order valence-corrected chi connectivity index (χ2v) is 8.92. The molecule has 0 saturated heterocycles. The van der Waals surface area contributed by atoms with Crippen molar-refractivity contribution in [3.05, 3.63) is 35.4 Å². The molecule has 2 fully saturated rings. The maximum Gasteiger partial charge on any atom is 0.280 e. The van der Waals surface area contributed by atoms with Gasteiger partial charge in [0, 0.05) is 13.1 Å². The largest absolute Gasteiger partial charge is 0.280 e. The molecule has 5 heteroatoms. The smallest absolute Gasteiger partial charge is 0.195 e. The summed E-state index contributed by atoms with van der Waals surface area (Å²) in [6, 6.07) is 8.29. The van der Waals surface area contributed by atoms with Crippen LogP contribution >= 0.6 is 0 Å². The van der Waals surface area contributed by atoms with Crippen molar-refractivity contribution in [3.8, 4) is 0 Å². The monoisotopic (exact) mass is 336 g/mol. The summed E-state index contributed by atoms with van der Waals surface area (Å²) in [6.45, 7) is 2.05. The molecule has 2 saturated carbocycles. The average molecular weight is 337 g/mol. The Morgan fingerprint density at radius 3 is 2.22 bits per heavy atom. The Morgan fingerprint density at radius 1 is 1.04 bits per heavy atom. The van der Waals surface area contributed by atoms with Gasteiger partial charge in [0.1, 0.15) is 0 Å². The maximum atomic E-state index is 12.8. The van der Waals surface area contributed by atoms with Gasteiger partial charge in [0.25, 0.3) is 10.2 Å². The molecule has 0 amide bonds. The summed E-state index contributed by atoms with van der Waals surface area (Å²) in [7, 11) is -1.71.